The summed E-state index contributed by atoms with van der Waals surface area (Å²) in [6.45, 7) is 15.3. The van der Waals surface area contributed by atoms with Crippen molar-refractivity contribution in [3.05, 3.63) is 58.1 Å². The normalized spacial score (nSPS) is 12.0. The van der Waals surface area contributed by atoms with Crippen LogP contribution in [0.25, 0.3) is 0 Å². The molecule has 2 aromatic carbocycles. The Morgan fingerprint density at radius 2 is 1.56 bits per heavy atom. The van der Waals surface area contributed by atoms with Crippen LogP contribution in [0.15, 0.2) is 30.3 Å². The molecule has 0 unspecified atom stereocenters. The van der Waals surface area contributed by atoms with E-state index in [4.69, 9.17) is 9.47 Å². The molecule has 0 radical (unpaired) electrons. The number of phenols is 1. The second-order valence-electron chi connectivity index (χ2n) is 10.4. The van der Waals surface area contributed by atoms with Gasteiger partial charge in [0.1, 0.15) is 24.7 Å². The van der Waals surface area contributed by atoms with E-state index in [0.717, 1.165) is 33.6 Å². The van der Waals surface area contributed by atoms with Gasteiger partial charge in [0.25, 0.3) is 0 Å². The Labute approximate surface area is 198 Å². The first-order chi connectivity index (χ1) is 14.8. The number of benzene rings is 2. The summed E-state index contributed by atoms with van der Waals surface area (Å²) >= 11 is 4.04. The Kier molecular flexibility index (Phi) is 8.69. The average molecular weight is 459 g/mol. The van der Waals surface area contributed by atoms with Gasteiger partial charge in [-0.05, 0) is 46.1 Å². The fourth-order valence-electron chi connectivity index (χ4n) is 3.62. The molecule has 32 heavy (non-hydrogen) atoms. The summed E-state index contributed by atoms with van der Waals surface area (Å²) in [7, 11) is 0. The van der Waals surface area contributed by atoms with Gasteiger partial charge in [0.2, 0.25) is 0 Å². The molecule has 0 fully saturated rings. The fourth-order valence-corrected chi connectivity index (χ4v) is 3.80. The molecule has 0 aliphatic carbocycles. The molecule has 5 heteroatoms. The van der Waals surface area contributed by atoms with E-state index in [-0.39, 0.29) is 23.4 Å². The van der Waals surface area contributed by atoms with Gasteiger partial charge in [-0.3, -0.25) is 4.79 Å². The van der Waals surface area contributed by atoms with E-state index in [1.807, 2.05) is 12.1 Å². The van der Waals surface area contributed by atoms with E-state index in [0.29, 0.717) is 31.0 Å². The Morgan fingerprint density at radius 3 is 2.09 bits per heavy atom. The van der Waals surface area contributed by atoms with Crippen LogP contribution in [-0.4, -0.2) is 30.0 Å². The van der Waals surface area contributed by atoms with Gasteiger partial charge < -0.3 is 14.6 Å². The summed E-state index contributed by atoms with van der Waals surface area (Å²) in [5.41, 5.74) is 4.90. The highest BCUT2D eigenvalue weighted by Gasteiger charge is 2.26. The third-order valence-corrected chi connectivity index (χ3v) is 5.54. The zero-order chi connectivity index (χ0) is 24.1. The maximum Gasteiger partial charge on any atom is 0.306 e. The molecular weight excluding hydrogens is 420 g/mol. The Morgan fingerprint density at radius 1 is 0.969 bits per heavy atom. The third kappa shape index (κ3) is 7.19. The molecule has 2 rings (SSSR count). The van der Waals surface area contributed by atoms with Crippen LogP contribution in [0.2, 0.25) is 0 Å². The number of rotatable bonds is 8. The lowest BCUT2D eigenvalue weighted by Crippen LogP contribution is -2.18. The molecular formula is C27H38O4S. The number of aryl methyl sites for hydroxylation is 1. The monoisotopic (exact) mass is 458 g/mol. The number of hydrogen-bond acceptors (Lipinski definition) is 5. The molecule has 176 valence electrons. The lowest BCUT2D eigenvalue weighted by atomic mass is 9.78. The molecule has 0 aliphatic heterocycles. The van der Waals surface area contributed by atoms with Gasteiger partial charge in [-0.2, -0.15) is 12.6 Å². The second-order valence-corrected chi connectivity index (χ2v) is 10.8. The quantitative estimate of drug-likeness (QED) is 0.284. The van der Waals surface area contributed by atoms with Crippen molar-refractivity contribution in [1.82, 2.24) is 0 Å². The molecule has 0 aliphatic rings. The summed E-state index contributed by atoms with van der Waals surface area (Å²) in [4.78, 5) is 11.5. The molecule has 0 heterocycles. The summed E-state index contributed by atoms with van der Waals surface area (Å²) < 4.78 is 11.1. The average Bonchev–Trinajstić information content (AvgIpc) is 2.66. The van der Waals surface area contributed by atoms with Crippen LogP contribution in [-0.2, 0) is 26.8 Å². The molecule has 0 spiro atoms. The first-order valence-corrected chi connectivity index (χ1v) is 11.8. The van der Waals surface area contributed by atoms with Crippen molar-refractivity contribution in [3.63, 3.8) is 0 Å². The van der Waals surface area contributed by atoms with Crippen molar-refractivity contribution >= 4 is 18.6 Å². The first-order valence-electron chi connectivity index (χ1n) is 11.2. The van der Waals surface area contributed by atoms with Gasteiger partial charge in [-0.15, -0.1) is 0 Å². The van der Waals surface area contributed by atoms with Gasteiger partial charge >= 0.3 is 5.97 Å². The molecule has 4 nitrogen and oxygen atoms in total. The number of hydrogen-bond donors (Lipinski definition) is 2. The number of esters is 1. The van der Waals surface area contributed by atoms with Crippen LogP contribution in [0.5, 0.6) is 11.5 Å². The molecule has 0 saturated heterocycles. The largest absolute Gasteiger partial charge is 0.507 e. The van der Waals surface area contributed by atoms with Gasteiger partial charge in [-0.25, -0.2) is 0 Å². The van der Waals surface area contributed by atoms with Crippen molar-refractivity contribution in [2.24, 2.45) is 0 Å². The summed E-state index contributed by atoms with van der Waals surface area (Å²) in [6, 6.07) is 10.3. The van der Waals surface area contributed by atoms with E-state index in [2.05, 4.69) is 79.3 Å². The van der Waals surface area contributed by atoms with Gasteiger partial charge in [0, 0.05) is 12.2 Å². The van der Waals surface area contributed by atoms with Crippen molar-refractivity contribution < 1.29 is 19.4 Å². The van der Waals surface area contributed by atoms with E-state index in [1.54, 1.807) is 0 Å². The number of carbonyl (C=O) groups is 1. The zero-order valence-corrected chi connectivity index (χ0v) is 21.4. The minimum atomic E-state index is -0.263. The van der Waals surface area contributed by atoms with Crippen molar-refractivity contribution in [3.8, 4) is 11.5 Å². The molecule has 0 atom stereocenters. The summed E-state index contributed by atoms with van der Waals surface area (Å²) in [6.07, 6.45) is 0.981. The second kappa shape index (κ2) is 10.7. The minimum absolute atomic E-state index is 0.178. The molecule has 0 aromatic heterocycles. The van der Waals surface area contributed by atoms with Crippen LogP contribution in [0.3, 0.4) is 0 Å². The topological polar surface area (TPSA) is 55.8 Å². The maximum atomic E-state index is 11.5. The zero-order valence-electron chi connectivity index (χ0n) is 20.5. The summed E-state index contributed by atoms with van der Waals surface area (Å²) in [5.74, 6) is 1.38. The van der Waals surface area contributed by atoms with Crippen LogP contribution in [0.4, 0.5) is 0 Å². The van der Waals surface area contributed by atoms with Crippen molar-refractivity contribution in [1.29, 1.82) is 0 Å². The highest BCUT2D eigenvalue weighted by atomic mass is 32.1. The Hall–Kier alpha value is -2.14. The van der Waals surface area contributed by atoms with Crippen LogP contribution < -0.4 is 4.74 Å². The van der Waals surface area contributed by atoms with E-state index in [1.165, 1.54) is 0 Å². The molecule has 0 bridgehead atoms. The number of thiol groups is 1. The number of ether oxygens (including phenoxy) is 2. The van der Waals surface area contributed by atoms with Gasteiger partial charge in [0.15, 0.2) is 0 Å². The number of phenolic OH excluding ortho intramolecular Hbond substituents is 1. The van der Waals surface area contributed by atoms with Crippen LogP contribution in [0.1, 0.15) is 75.8 Å². The smallest absolute Gasteiger partial charge is 0.306 e. The predicted molar refractivity (Wildman–Crippen MR) is 134 cm³/mol. The van der Waals surface area contributed by atoms with E-state index in [9.17, 15) is 9.90 Å². The first kappa shape index (κ1) is 26.1. The lowest BCUT2D eigenvalue weighted by Gasteiger charge is -2.28. The van der Waals surface area contributed by atoms with Crippen molar-refractivity contribution in [2.75, 3.05) is 19.0 Å². The molecule has 0 saturated carbocycles. The molecule has 1 N–H and O–H groups in total. The predicted octanol–water partition coefficient (Wildman–Crippen LogP) is 6.13. The number of carbonyl (C=O) groups excluding carboxylic acids is 1. The maximum absolute atomic E-state index is 11.5. The van der Waals surface area contributed by atoms with E-state index < -0.39 is 0 Å². The minimum Gasteiger partial charge on any atom is -0.507 e. The summed E-state index contributed by atoms with van der Waals surface area (Å²) in [5, 5.41) is 11.0. The van der Waals surface area contributed by atoms with Gasteiger partial charge in [0.05, 0.1) is 6.42 Å². The molecule has 0 amide bonds. The Bertz CT molecular complexity index is 901. The standard InChI is InChI=1S/C27H38O4S/c1-18-8-9-23(30-11-12-31-24(28)10-13-32)20(14-18)15-19-16-21(26(2,3)4)25(29)22(17-19)27(5,6)7/h8-9,14,16-17,29,32H,10-13,15H2,1-7H3. The highest BCUT2D eigenvalue weighted by molar-refractivity contribution is 7.80. The van der Waals surface area contributed by atoms with Crippen LogP contribution in [0, 0.1) is 6.92 Å². The third-order valence-electron chi connectivity index (χ3n) is 5.32. The van der Waals surface area contributed by atoms with E-state index >= 15 is 0 Å². The Balaban J connectivity index is 2.32. The van der Waals surface area contributed by atoms with Crippen LogP contribution >= 0.6 is 12.6 Å². The van der Waals surface area contributed by atoms with Gasteiger partial charge in [-0.1, -0.05) is 71.4 Å². The highest BCUT2D eigenvalue weighted by Crippen LogP contribution is 2.40. The van der Waals surface area contributed by atoms with Crippen molar-refractivity contribution in [2.45, 2.75) is 72.1 Å². The number of aromatic hydroxyl groups is 1. The lowest BCUT2D eigenvalue weighted by molar-refractivity contribution is -0.143. The fraction of sp³-hybridized carbons (Fsp3) is 0.519. The SMILES string of the molecule is Cc1ccc(OCCOC(=O)CCS)c(Cc2cc(C(C)(C)C)c(O)c(C(C)(C)C)c2)c1. The molecule has 2 aromatic rings.